The van der Waals surface area contributed by atoms with Crippen LogP contribution in [-0.2, 0) is 10.9 Å². The molecular formula is C19H19F3NO4+. The summed E-state index contributed by atoms with van der Waals surface area (Å²) in [6.45, 7) is 2.54. The second-order valence-electron chi connectivity index (χ2n) is 6.59. The number of ether oxygens (including phenoxy) is 3. The van der Waals surface area contributed by atoms with Gasteiger partial charge in [-0.25, -0.2) is 0 Å². The minimum atomic E-state index is -4.39. The first-order valence-electron chi connectivity index (χ1n) is 8.65. The third-order valence-electron chi connectivity index (χ3n) is 4.95. The van der Waals surface area contributed by atoms with Gasteiger partial charge in [0.2, 0.25) is 6.79 Å². The van der Waals surface area contributed by atoms with Crippen LogP contribution in [0.1, 0.15) is 22.7 Å². The standard InChI is InChI=1S/C19H18F3NO4/c20-19(21,22)13-3-1-12(2-4-13)18(23-5-7-25-8-6-23)14-9-16-17(10-15(14)24)27-11-26-16/h1-4,9-10,18,24H,5-8,11H2/p+1/t18-/m0/s1. The van der Waals surface area contributed by atoms with Crippen LogP contribution in [0, 0.1) is 0 Å². The van der Waals surface area contributed by atoms with Crippen molar-refractivity contribution in [2.75, 3.05) is 33.1 Å². The summed E-state index contributed by atoms with van der Waals surface area (Å²) in [5, 5.41) is 10.6. The molecule has 1 fully saturated rings. The summed E-state index contributed by atoms with van der Waals surface area (Å²) in [6, 6.07) is 7.96. The number of quaternary nitrogens is 1. The smallest absolute Gasteiger partial charge is 0.416 e. The summed E-state index contributed by atoms with van der Waals surface area (Å²) < 4.78 is 54.9. The molecule has 144 valence electrons. The lowest BCUT2D eigenvalue weighted by atomic mass is 9.94. The number of phenols is 1. The highest BCUT2D eigenvalue weighted by atomic mass is 19.4. The predicted octanol–water partition coefficient (Wildman–Crippen LogP) is 2.14. The molecule has 0 saturated carbocycles. The Hall–Kier alpha value is -2.45. The van der Waals surface area contributed by atoms with Crippen LogP contribution in [0.4, 0.5) is 13.2 Å². The molecular weight excluding hydrogens is 363 g/mol. The lowest BCUT2D eigenvalue weighted by Gasteiger charge is -2.32. The first-order valence-corrected chi connectivity index (χ1v) is 8.65. The second kappa shape index (κ2) is 6.94. The summed E-state index contributed by atoms with van der Waals surface area (Å²) >= 11 is 0. The summed E-state index contributed by atoms with van der Waals surface area (Å²) in [7, 11) is 0. The van der Waals surface area contributed by atoms with Gasteiger partial charge in [-0.2, -0.15) is 13.2 Å². The van der Waals surface area contributed by atoms with E-state index in [4.69, 9.17) is 14.2 Å². The van der Waals surface area contributed by atoms with E-state index in [1.807, 2.05) is 0 Å². The van der Waals surface area contributed by atoms with E-state index in [2.05, 4.69) is 0 Å². The van der Waals surface area contributed by atoms with Gasteiger partial charge < -0.3 is 24.2 Å². The zero-order valence-corrected chi connectivity index (χ0v) is 14.4. The van der Waals surface area contributed by atoms with E-state index < -0.39 is 11.7 Å². The maximum Gasteiger partial charge on any atom is 0.416 e. The van der Waals surface area contributed by atoms with Crippen LogP contribution < -0.4 is 14.4 Å². The van der Waals surface area contributed by atoms with Crippen LogP contribution in [0.15, 0.2) is 36.4 Å². The van der Waals surface area contributed by atoms with Gasteiger partial charge in [-0.3, -0.25) is 0 Å². The van der Waals surface area contributed by atoms with Crippen LogP contribution in [-0.4, -0.2) is 38.2 Å². The molecule has 5 nitrogen and oxygen atoms in total. The molecule has 0 unspecified atom stereocenters. The molecule has 0 bridgehead atoms. The lowest BCUT2D eigenvalue weighted by Crippen LogP contribution is -3.14. The van der Waals surface area contributed by atoms with E-state index in [-0.39, 0.29) is 18.6 Å². The van der Waals surface area contributed by atoms with Crippen molar-refractivity contribution in [2.24, 2.45) is 0 Å². The Morgan fingerprint density at radius 3 is 2.22 bits per heavy atom. The Balaban J connectivity index is 1.76. The fraction of sp³-hybridized carbons (Fsp3) is 0.368. The molecule has 4 rings (SSSR count). The number of morpholine rings is 1. The van der Waals surface area contributed by atoms with E-state index in [1.54, 1.807) is 6.07 Å². The maximum absolute atomic E-state index is 12.9. The summed E-state index contributed by atoms with van der Waals surface area (Å²) in [6.07, 6.45) is -4.39. The van der Waals surface area contributed by atoms with Gasteiger partial charge in [-0.05, 0) is 18.2 Å². The molecule has 2 heterocycles. The summed E-state index contributed by atoms with van der Waals surface area (Å²) in [4.78, 5) is 1.11. The number of hydrogen-bond acceptors (Lipinski definition) is 4. The molecule has 1 saturated heterocycles. The highest BCUT2D eigenvalue weighted by Gasteiger charge is 2.34. The topological polar surface area (TPSA) is 52.4 Å². The van der Waals surface area contributed by atoms with E-state index >= 15 is 0 Å². The van der Waals surface area contributed by atoms with Gasteiger partial charge >= 0.3 is 6.18 Å². The van der Waals surface area contributed by atoms with Crippen LogP contribution in [0.2, 0.25) is 0 Å². The molecule has 2 aliphatic rings. The molecule has 2 N–H and O–H groups in total. The fourth-order valence-corrected chi connectivity index (χ4v) is 3.60. The fourth-order valence-electron chi connectivity index (χ4n) is 3.60. The number of hydrogen-bond donors (Lipinski definition) is 2. The van der Waals surface area contributed by atoms with Crippen molar-refractivity contribution < 1.29 is 37.4 Å². The monoisotopic (exact) mass is 382 g/mol. The van der Waals surface area contributed by atoms with E-state index in [9.17, 15) is 18.3 Å². The SMILES string of the molecule is Oc1cc2c(cc1[C@H](c1ccc(C(F)(F)F)cc1)[NH+]1CCOCC1)OCO2. The Morgan fingerprint density at radius 2 is 1.59 bits per heavy atom. The van der Waals surface area contributed by atoms with Crippen molar-refractivity contribution >= 4 is 0 Å². The van der Waals surface area contributed by atoms with Crippen LogP contribution in [0.25, 0.3) is 0 Å². The van der Waals surface area contributed by atoms with Crippen molar-refractivity contribution in [2.45, 2.75) is 12.2 Å². The molecule has 0 radical (unpaired) electrons. The largest absolute Gasteiger partial charge is 0.507 e. The molecule has 0 aliphatic carbocycles. The second-order valence-corrected chi connectivity index (χ2v) is 6.59. The molecule has 0 amide bonds. The molecule has 27 heavy (non-hydrogen) atoms. The Bertz CT molecular complexity index is 817. The Morgan fingerprint density at radius 1 is 0.963 bits per heavy atom. The van der Waals surface area contributed by atoms with Crippen molar-refractivity contribution in [1.29, 1.82) is 0 Å². The van der Waals surface area contributed by atoms with Gasteiger partial charge in [0.25, 0.3) is 0 Å². The number of rotatable bonds is 3. The predicted molar refractivity (Wildman–Crippen MR) is 89.0 cm³/mol. The molecule has 0 spiro atoms. The summed E-state index contributed by atoms with van der Waals surface area (Å²) in [5.74, 6) is 1.01. The third kappa shape index (κ3) is 3.54. The van der Waals surface area contributed by atoms with Crippen molar-refractivity contribution in [3.8, 4) is 17.2 Å². The zero-order valence-electron chi connectivity index (χ0n) is 14.4. The third-order valence-corrected chi connectivity index (χ3v) is 4.95. The van der Waals surface area contributed by atoms with E-state index in [0.29, 0.717) is 48.9 Å². The minimum absolute atomic E-state index is 0.0307. The number of phenolic OH excluding ortho intramolecular Hbond substituents is 1. The molecule has 2 aromatic rings. The quantitative estimate of drug-likeness (QED) is 0.854. The van der Waals surface area contributed by atoms with Crippen LogP contribution in [0.3, 0.4) is 0 Å². The first-order chi connectivity index (χ1) is 12.9. The van der Waals surface area contributed by atoms with Crippen LogP contribution >= 0.6 is 0 Å². The van der Waals surface area contributed by atoms with Gasteiger partial charge in [0.1, 0.15) is 24.9 Å². The number of fused-ring (bicyclic) bond motifs is 1. The number of nitrogens with one attached hydrogen (secondary N) is 1. The lowest BCUT2D eigenvalue weighted by molar-refractivity contribution is -0.933. The van der Waals surface area contributed by atoms with Gasteiger partial charge in [-0.15, -0.1) is 0 Å². The number of alkyl halides is 3. The molecule has 1 atom stereocenters. The average molecular weight is 382 g/mol. The van der Waals surface area contributed by atoms with Gasteiger partial charge in [-0.1, -0.05) is 12.1 Å². The maximum atomic E-state index is 12.9. The van der Waals surface area contributed by atoms with Crippen molar-refractivity contribution in [1.82, 2.24) is 0 Å². The molecule has 2 aromatic carbocycles. The minimum Gasteiger partial charge on any atom is -0.507 e. The number of benzene rings is 2. The van der Waals surface area contributed by atoms with Gasteiger partial charge in [0, 0.05) is 11.6 Å². The molecule has 0 aromatic heterocycles. The zero-order chi connectivity index (χ0) is 19.0. The average Bonchev–Trinajstić information content (AvgIpc) is 3.10. The highest BCUT2D eigenvalue weighted by molar-refractivity contribution is 5.53. The Kier molecular flexibility index (Phi) is 4.61. The molecule has 2 aliphatic heterocycles. The van der Waals surface area contributed by atoms with Crippen molar-refractivity contribution in [3.05, 3.63) is 53.1 Å². The summed E-state index contributed by atoms with van der Waals surface area (Å²) in [5.41, 5.74) is 0.585. The van der Waals surface area contributed by atoms with Crippen LogP contribution in [0.5, 0.6) is 17.2 Å². The normalized spacial score (nSPS) is 18.5. The Labute approximate surface area is 153 Å². The van der Waals surface area contributed by atoms with Crippen molar-refractivity contribution in [3.63, 3.8) is 0 Å². The van der Waals surface area contributed by atoms with Gasteiger partial charge in [0.15, 0.2) is 11.5 Å². The highest BCUT2D eigenvalue weighted by Crippen LogP contribution is 2.41. The molecule has 8 heteroatoms. The van der Waals surface area contributed by atoms with E-state index in [0.717, 1.165) is 17.0 Å². The van der Waals surface area contributed by atoms with Gasteiger partial charge in [0.05, 0.1) is 24.3 Å². The number of halogens is 3. The first kappa shape index (κ1) is 17.9. The number of aromatic hydroxyl groups is 1. The van der Waals surface area contributed by atoms with E-state index in [1.165, 1.54) is 18.2 Å².